The van der Waals surface area contributed by atoms with Gasteiger partial charge in [0.1, 0.15) is 0 Å². The number of carbonyl (C=O) groups is 1. The molecular weight excluding hydrogens is 232 g/mol. The Hall–Kier alpha value is -2.30. The molecule has 0 amide bonds. The number of hydrogen-bond acceptors (Lipinski definition) is 4. The van der Waals surface area contributed by atoms with Gasteiger partial charge in [0.15, 0.2) is 17.8 Å². The molecule has 0 aliphatic heterocycles. The van der Waals surface area contributed by atoms with E-state index in [-0.39, 0.29) is 17.1 Å². The summed E-state index contributed by atoms with van der Waals surface area (Å²) in [5, 5.41) is 16.8. The molecule has 0 unspecified atom stereocenters. The van der Waals surface area contributed by atoms with Crippen LogP contribution in [0.5, 0.6) is 11.5 Å². The van der Waals surface area contributed by atoms with Crippen LogP contribution < -0.4 is 4.74 Å². The minimum absolute atomic E-state index is 0.143. The van der Waals surface area contributed by atoms with E-state index in [2.05, 4.69) is 10.2 Å². The van der Waals surface area contributed by atoms with Crippen molar-refractivity contribution in [2.45, 2.75) is 13.8 Å². The van der Waals surface area contributed by atoms with Crippen molar-refractivity contribution in [2.75, 3.05) is 7.11 Å². The van der Waals surface area contributed by atoms with Gasteiger partial charge < -0.3 is 9.84 Å². The van der Waals surface area contributed by atoms with Crippen LogP contribution in [0.3, 0.4) is 0 Å². The second-order valence-corrected chi connectivity index (χ2v) is 4.04. The maximum atomic E-state index is 10.9. The molecule has 0 aliphatic rings. The minimum atomic E-state index is -0.143. The van der Waals surface area contributed by atoms with Gasteiger partial charge in [0, 0.05) is 11.3 Å². The number of ether oxygens (including phenoxy) is 1. The second kappa shape index (κ2) is 4.52. The molecule has 2 N–H and O–H groups in total. The van der Waals surface area contributed by atoms with Gasteiger partial charge in [-0.3, -0.25) is 9.89 Å². The van der Waals surface area contributed by atoms with Gasteiger partial charge in [-0.1, -0.05) is 0 Å². The molecule has 94 valence electrons. The lowest BCUT2D eigenvalue weighted by atomic mass is 10.0. The number of aromatic nitrogens is 2. The Morgan fingerprint density at radius 1 is 1.39 bits per heavy atom. The summed E-state index contributed by atoms with van der Waals surface area (Å²) in [4.78, 5) is 10.9. The predicted octanol–water partition coefficient (Wildman–Crippen LogP) is 2.22. The van der Waals surface area contributed by atoms with E-state index in [0.717, 1.165) is 22.5 Å². The number of rotatable bonds is 3. The van der Waals surface area contributed by atoms with Crippen molar-refractivity contribution in [3.8, 4) is 22.6 Å². The molecule has 0 saturated carbocycles. The molecule has 1 aromatic heterocycles. The summed E-state index contributed by atoms with van der Waals surface area (Å²) in [6.45, 7) is 3.77. The molecule has 1 aromatic carbocycles. The van der Waals surface area contributed by atoms with Crippen LogP contribution in [0, 0.1) is 13.8 Å². The zero-order valence-corrected chi connectivity index (χ0v) is 10.4. The number of phenols is 1. The van der Waals surface area contributed by atoms with E-state index in [0.29, 0.717) is 6.29 Å². The quantitative estimate of drug-likeness (QED) is 0.814. The van der Waals surface area contributed by atoms with E-state index < -0.39 is 0 Å². The van der Waals surface area contributed by atoms with Crippen molar-refractivity contribution < 1.29 is 14.6 Å². The van der Waals surface area contributed by atoms with Crippen molar-refractivity contribution in [3.05, 3.63) is 29.1 Å². The number of benzene rings is 1. The first-order valence-corrected chi connectivity index (χ1v) is 5.46. The maximum absolute atomic E-state index is 10.9. The number of nitrogens with one attached hydrogen (secondary N) is 1. The topological polar surface area (TPSA) is 75.2 Å². The summed E-state index contributed by atoms with van der Waals surface area (Å²) >= 11 is 0. The Kier molecular flexibility index (Phi) is 3.06. The monoisotopic (exact) mass is 246 g/mol. The number of carbonyl (C=O) groups excluding carboxylic acids is 1. The fourth-order valence-electron chi connectivity index (χ4n) is 2.00. The van der Waals surface area contributed by atoms with Gasteiger partial charge in [0.25, 0.3) is 0 Å². The lowest BCUT2D eigenvalue weighted by Gasteiger charge is -2.09. The van der Waals surface area contributed by atoms with Crippen LogP contribution in [0.1, 0.15) is 21.7 Å². The average Bonchev–Trinajstić information content (AvgIpc) is 2.70. The molecular formula is C13H14N2O3. The Balaban J connectivity index is 2.69. The fourth-order valence-corrected chi connectivity index (χ4v) is 2.00. The Bertz CT molecular complexity index is 583. The summed E-state index contributed by atoms with van der Waals surface area (Å²) in [5.41, 5.74) is 3.63. The highest BCUT2D eigenvalue weighted by Crippen LogP contribution is 2.36. The molecule has 0 spiro atoms. The molecule has 0 fully saturated rings. The Labute approximate surface area is 104 Å². The number of aromatic hydroxyl groups is 1. The predicted molar refractivity (Wildman–Crippen MR) is 67.1 cm³/mol. The first kappa shape index (κ1) is 12.2. The molecule has 18 heavy (non-hydrogen) atoms. The summed E-state index contributed by atoms with van der Waals surface area (Å²) in [7, 11) is 1.45. The van der Waals surface area contributed by atoms with Crippen molar-refractivity contribution in [1.29, 1.82) is 0 Å². The number of phenolic OH excluding ortho intramolecular Hbond substituents is 1. The Morgan fingerprint density at radius 3 is 2.61 bits per heavy atom. The van der Waals surface area contributed by atoms with E-state index in [1.54, 1.807) is 12.1 Å². The normalized spacial score (nSPS) is 10.4. The molecule has 5 heteroatoms. The van der Waals surface area contributed by atoms with E-state index in [4.69, 9.17) is 4.74 Å². The number of methoxy groups -OCH3 is 1. The number of aromatic amines is 1. The number of aryl methyl sites for hydroxylation is 2. The number of hydrogen-bond donors (Lipinski definition) is 2. The summed E-state index contributed by atoms with van der Waals surface area (Å²) in [6.07, 6.45) is 0.603. The van der Waals surface area contributed by atoms with Crippen molar-refractivity contribution >= 4 is 6.29 Å². The van der Waals surface area contributed by atoms with E-state index in [1.165, 1.54) is 7.11 Å². The number of aldehydes is 1. The van der Waals surface area contributed by atoms with Crippen molar-refractivity contribution in [1.82, 2.24) is 10.2 Å². The van der Waals surface area contributed by atoms with Crippen LogP contribution in [0.4, 0.5) is 0 Å². The van der Waals surface area contributed by atoms with Crippen LogP contribution >= 0.6 is 0 Å². The molecule has 0 radical (unpaired) electrons. The van der Waals surface area contributed by atoms with Gasteiger partial charge in [0.05, 0.1) is 18.4 Å². The first-order chi connectivity index (χ1) is 8.58. The van der Waals surface area contributed by atoms with Crippen molar-refractivity contribution in [3.63, 3.8) is 0 Å². The molecule has 0 saturated heterocycles. The minimum Gasteiger partial charge on any atom is -0.504 e. The second-order valence-electron chi connectivity index (χ2n) is 4.04. The average molecular weight is 246 g/mol. The van der Waals surface area contributed by atoms with Crippen LogP contribution in [0.15, 0.2) is 12.1 Å². The third kappa shape index (κ3) is 1.84. The highest BCUT2D eigenvalue weighted by atomic mass is 16.5. The van der Waals surface area contributed by atoms with E-state index >= 15 is 0 Å². The lowest BCUT2D eigenvalue weighted by Crippen LogP contribution is -1.92. The number of nitrogens with zero attached hydrogens (tertiary/aromatic N) is 1. The highest BCUT2D eigenvalue weighted by molar-refractivity contribution is 5.85. The third-order valence-electron chi connectivity index (χ3n) is 2.87. The van der Waals surface area contributed by atoms with Crippen LogP contribution in [0.25, 0.3) is 11.1 Å². The smallest absolute Gasteiger partial charge is 0.168 e. The van der Waals surface area contributed by atoms with Crippen molar-refractivity contribution in [2.24, 2.45) is 0 Å². The summed E-state index contributed by atoms with van der Waals surface area (Å²) < 4.78 is 5.07. The van der Waals surface area contributed by atoms with Crippen LogP contribution in [-0.2, 0) is 0 Å². The lowest BCUT2D eigenvalue weighted by molar-refractivity contribution is 0.112. The van der Waals surface area contributed by atoms with Gasteiger partial charge in [-0.15, -0.1) is 0 Å². The standard InChI is InChI=1S/C13H14N2O3/c1-7-12(8(2)15-14-7)9-4-10(6-16)13(17)11(5-9)18-3/h4-6,17H,1-3H3,(H,14,15). The third-order valence-corrected chi connectivity index (χ3v) is 2.87. The molecule has 5 nitrogen and oxygen atoms in total. The van der Waals surface area contributed by atoms with Gasteiger partial charge in [-0.05, 0) is 31.5 Å². The maximum Gasteiger partial charge on any atom is 0.168 e. The zero-order valence-electron chi connectivity index (χ0n) is 10.4. The van der Waals surface area contributed by atoms with E-state index in [9.17, 15) is 9.90 Å². The number of H-pyrrole nitrogens is 1. The van der Waals surface area contributed by atoms with Gasteiger partial charge >= 0.3 is 0 Å². The van der Waals surface area contributed by atoms with Crippen LogP contribution in [0.2, 0.25) is 0 Å². The fraction of sp³-hybridized carbons (Fsp3) is 0.231. The molecule has 0 atom stereocenters. The molecule has 0 bridgehead atoms. The molecule has 1 heterocycles. The highest BCUT2D eigenvalue weighted by Gasteiger charge is 2.15. The van der Waals surface area contributed by atoms with Crippen LogP contribution in [-0.4, -0.2) is 28.7 Å². The molecule has 0 aliphatic carbocycles. The van der Waals surface area contributed by atoms with Gasteiger partial charge in [-0.2, -0.15) is 5.10 Å². The summed E-state index contributed by atoms with van der Waals surface area (Å²) in [6, 6.07) is 3.31. The summed E-state index contributed by atoms with van der Waals surface area (Å²) in [5.74, 6) is 0.129. The van der Waals surface area contributed by atoms with E-state index in [1.807, 2.05) is 13.8 Å². The Morgan fingerprint density at radius 2 is 2.11 bits per heavy atom. The van der Waals surface area contributed by atoms with Gasteiger partial charge in [-0.25, -0.2) is 0 Å². The molecule has 2 rings (SSSR count). The first-order valence-electron chi connectivity index (χ1n) is 5.46. The zero-order chi connectivity index (χ0) is 13.3. The largest absolute Gasteiger partial charge is 0.504 e. The van der Waals surface area contributed by atoms with Gasteiger partial charge in [0.2, 0.25) is 0 Å². The SMILES string of the molecule is COc1cc(-c2c(C)n[nH]c2C)cc(C=O)c1O. The molecule has 2 aromatic rings.